The number of aromatic nitrogens is 1. The number of likely N-dealkylation sites (tertiary alicyclic amines) is 1. The third-order valence-electron chi connectivity index (χ3n) is 9.32. The van der Waals surface area contributed by atoms with Crippen LogP contribution in [-0.4, -0.2) is 85.4 Å². The molecule has 0 saturated carbocycles. The van der Waals surface area contributed by atoms with Crippen molar-refractivity contribution in [3.63, 3.8) is 0 Å². The summed E-state index contributed by atoms with van der Waals surface area (Å²) in [5.74, 6) is 1.46. The molecule has 3 atom stereocenters. The summed E-state index contributed by atoms with van der Waals surface area (Å²) in [5, 5.41) is 4.61. The molecule has 0 spiro atoms. The van der Waals surface area contributed by atoms with Gasteiger partial charge in [0.05, 0.1) is 5.52 Å². The molecule has 1 N–H and O–H groups in total. The highest BCUT2D eigenvalue weighted by molar-refractivity contribution is 5.98. The number of carbonyl (C=O) groups excluding carboxylic acids is 1. The molecular formula is C33H40N4O4. The predicted octanol–water partition coefficient (Wildman–Crippen LogP) is 4.11. The number of nitrogens with zero attached hydrogens (tertiary/aromatic N) is 3. The SMILES string of the molecule is CO[C@@H]1CN(Cc2ccc3nc(C4CCOCC4)ccc3c2)C[C@H]1Oc1ccc2c(c1)CN(C1CCCNC1)C2=O. The number of carbonyl (C=O) groups is 1. The summed E-state index contributed by atoms with van der Waals surface area (Å²) in [6.45, 7) is 6.67. The van der Waals surface area contributed by atoms with Gasteiger partial charge in [0, 0.05) is 81.7 Å². The van der Waals surface area contributed by atoms with Crippen LogP contribution in [-0.2, 0) is 22.6 Å². The lowest BCUT2D eigenvalue weighted by Crippen LogP contribution is -2.46. The second-order valence-corrected chi connectivity index (χ2v) is 12.0. The van der Waals surface area contributed by atoms with Crippen molar-refractivity contribution in [2.75, 3.05) is 46.5 Å². The quantitative estimate of drug-likeness (QED) is 0.469. The van der Waals surface area contributed by atoms with Crippen LogP contribution in [0.5, 0.6) is 5.75 Å². The van der Waals surface area contributed by atoms with E-state index in [9.17, 15) is 4.79 Å². The Hall–Kier alpha value is -3.04. The molecule has 41 heavy (non-hydrogen) atoms. The highest BCUT2D eigenvalue weighted by Gasteiger charge is 2.36. The third-order valence-corrected chi connectivity index (χ3v) is 9.32. The van der Waals surface area contributed by atoms with Crippen molar-refractivity contribution in [2.24, 2.45) is 0 Å². The van der Waals surface area contributed by atoms with Crippen LogP contribution >= 0.6 is 0 Å². The maximum Gasteiger partial charge on any atom is 0.254 e. The van der Waals surface area contributed by atoms with Crippen LogP contribution in [0.15, 0.2) is 48.5 Å². The lowest BCUT2D eigenvalue weighted by atomic mass is 9.95. The highest BCUT2D eigenvalue weighted by Crippen LogP contribution is 2.32. The van der Waals surface area contributed by atoms with E-state index in [1.807, 2.05) is 17.0 Å². The number of fused-ring (bicyclic) bond motifs is 2. The molecule has 216 valence electrons. The molecule has 0 bridgehead atoms. The molecule has 3 aromatic rings. The first-order chi connectivity index (χ1) is 20.1. The molecule has 7 rings (SSSR count). The Morgan fingerprint density at radius 2 is 1.90 bits per heavy atom. The number of methoxy groups -OCH3 is 1. The van der Waals surface area contributed by atoms with E-state index in [1.165, 1.54) is 16.6 Å². The molecule has 4 aliphatic rings. The first-order valence-corrected chi connectivity index (χ1v) is 15.2. The summed E-state index contributed by atoms with van der Waals surface area (Å²) in [5.41, 5.74) is 5.38. The monoisotopic (exact) mass is 556 g/mol. The van der Waals surface area contributed by atoms with E-state index in [4.69, 9.17) is 19.2 Å². The smallest absolute Gasteiger partial charge is 0.254 e. The van der Waals surface area contributed by atoms with Gasteiger partial charge in [-0.3, -0.25) is 14.7 Å². The van der Waals surface area contributed by atoms with Gasteiger partial charge in [-0.15, -0.1) is 0 Å². The number of nitrogens with one attached hydrogen (secondary N) is 1. The highest BCUT2D eigenvalue weighted by atomic mass is 16.5. The fourth-order valence-electron chi connectivity index (χ4n) is 7.02. The molecule has 2 aromatic carbocycles. The molecule has 1 unspecified atom stereocenters. The topological polar surface area (TPSA) is 76.2 Å². The Kier molecular flexibility index (Phi) is 7.65. The second kappa shape index (κ2) is 11.7. The first kappa shape index (κ1) is 26.8. The predicted molar refractivity (Wildman–Crippen MR) is 157 cm³/mol. The summed E-state index contributed by atoms with van der Waals surface area (Å²) >= 11 is 0. The summed E-state index contributed by atoms with van der Waals surface area (Å²) in [4.78, 5) is 22.5. The molecule has 5 heterocycles. The minimum absolute atomic E-state index is 0.0150. The van der Waals surface area contributed by atoms with Gasteiger partial charge in [-0.2, -0.15) is 0 Å². The van der Waals surface area contributed by atoms with Crippen molar-refractivity contribution in [1.82, 2.24) is 20.1 Å². The van der Waals surface area contributed by atoms with Gasteiger partial charge < -0.3 is 24.4 Å². The number of hydrogen-bond acceptors (Lipinski definition) is 7. The lowest BCUT2D eigenvalue weighted by molar-refractivity contribution is 0.0340. The van der Waals surface area contributed by atoms with Crippen LogP contribution < -0.4 is 10.1 Å². The second-order valence-electron chi connectivity index (χ2n) is 12.0. The minimum Gasteiger partial charge on any atom is -0.486 e. The van der Waals surface area contributed by atoms with E-state index in [0.29, 0.717) is 12.5 Å². The molecule has 8 heteroatoms. The maximum atomic E-state index is 13.1. The molecule has 8 nitrogen and oxygen atoms in total. The lowest BCUT2D eigenvalue weighted by Gasteiger charge is -2.31. The van der Waals surface area contributed by atoms with Gasteiger partial charge in [0.25, 0.3) is 5.91 Å². The van der Waals surface area contributed by atoms with Crippen molar-refractivity contribution in [3.05, 3.63) is 70.9 Å². The zero-order chi connectivity index (χ0) is 27.8. The average molecular weight is 557 g/mol. The summed E-state index contributed by atoms with van der Waals surface area (Å²) in [6, 6.07) is 17.2. The van der Waals surface area contributed by atoms with Gasteiger partial charge in [0.15, 0.2) is 0 Å². The number of benzene rings is 2. The van der Waals surface area contributed by atoms with E-state index in [-0.39, 0.29) is 24.2 Å². The number of pyridine rings is 1. The number of hydrogen-bond donors (Lipinski definition) is 1. The standard InChI is InChI=1S/C33H40N4O4/c1-39-31-20-36(18-22-4-8-30-24(15-22)5-9-29(35-30)23-10-13-40-14-11-23)21-32(31)41-27-6-7-28-25(16-27)19-37(33(28)38)26-3-2-12-34-17-26/h4-9,15-16,23,26,31-32,34H,2-3,10-14,17-21H2,1H3/t26?,31-,32-/m1/s1. The van der Waals surface area contributed by atoms with Gasteiger partial charge in [-0.05, 0) is 79.8 Å². The van der Waals surface area contributed by atoms with Crippen molar-refractivity contribution in [1.29, 1.82) is 0 Å². The number of piperidine rings is 1. The van der Waals surface area contributed by atoms with Crippen molar-refractivity contribution < 1.29 is 19.0 Å². The Morgan fingerprint density at radius 3 is 2.73 bits per heavy atom. The summed E-state index contributed by atoms with van der Waals surface area (Å²) in [6.07, 6.45) is 4.19. The van der Waals surface area contributed by atoms with Crippen molar-refractivity contribution in [2.45, 2.75) is 62.9 Å². The zero-order valence-electron chi connectivity index (χ0n) is 23.9. The van der Waals surface area contributed by atoms with Crippen molar-refractivity contribution >= 4 is 16.8 Å². The Balaban J connectivity index is 0.998. The van der Waals surface area contributed by atoms with E-state index < -0.39 is 0 Å². The Bertz CT molecular complexity index is 1400. The summed E-state index contributed by atoms with van der Waals surface area (Å²) < 4.78 is 17.9. The van der Waals surface area contributed by atoms with Crippen molar-refractivity contribution in [3.8, 4) is 5.75 Å². The molecule has 3 saturated heterocycles. The molecule has 1 aromatic heterocycles. The van der Waals surface area contributed by atoms with Crippen LogP contribution in [0.25, 0.3) is 10.9 Å². The molecule has 0 aliphatic carbocycles. The third kappa shape index (κ3) is 5.58. The van der Waals surface area contributed by atoms with Crippen LogP contribution in [0, 0.1) is 0 Å². The van der Waals surface area contributed by atoms with Crippen LogP contribution in [0.2, 0.25) is 0 Å². The Labute approximate surface area is 242 Å². The normalized spacial score (nSPS) is 25.6. The van der Waals surface area contributed by atoms with Gasteiger partial charge in [-0.1, -0.05) is 12.1 Å². The van der Waals surface area contributed by atoms with E-state index in [1.54, 1.807) is 7.11 Å². The van der Waals surface area contributed by atoms with E-state index in [0.717, 1.165) is 94.0 Å². The molecule has 0 radical (unpaired) electrons. The van der Waals surface area contributed by atoms with E-state index >= 15 is 0 Å². The molecule has 1 amide bonds. The molecule has 3 fully saturated rings. The summed E-state index contributed by atoms with van der Waals surface area (Å²) in [7, 11) is 1.76. The van der Waals surface area contributed by atoms with Gasteiger partial charge in [-0.25, -0.2) is 0 Å². The van der Waals surface area contributed by atoms with Gasteiger partial charge in [0.2, 0.25) is 0 Å². The van der Waals surface area contributed by atoms with Crippen LogP contribution in [0.3, 0.4) is 0 Å². The zero-order valence-corrected chi connectivity index (χ0v) is 23.9. The molecule has 4 aliphatic heterocycles. The van der Waals surface area contributed by atoms with E-state index in [2.05, 4.69) is 46.6 Å². The largest absolute Gasteiger partial charge is 0.486 e. The first-order valence-electron chi connectivity index (χ1n) is 15.2. The fraction of sp³-hybridized carbons (Fsp3) is 0.515. The fourth-order valence-corrected chi connectivity index (χ4v) is 7.02. The van der Waals surface area contributed by atoms with Gasteiger partial charge >= 0.3 is 0 Å². The van der Waals surface area contributed by atoms with Crippen LogP contribution in [0.4, 0.5) is 0 Å². The number of ether oxygens (including phenoxy) is 3. The maximum absolute atomic E-state index is 13.1. The molecular weight excluding hydrogens is 516 g/mol. The number of amides is 1. The van der Waals surface area contributed by atoms with Gasteiger partial charge in [0.1, 0.15) is 18.0 Å². The number of rotatable bonds is 7. The average Bonchev–Trinajstić information content (AvgIpc) is 3.56. The van der Waals surface area contributed by atoms with Crippen LogP contribution in [0.1, 0.15) is 58.8 Å². The minimum atomic E-state index is -0.0713. The Morgan fingerprint density at radius 1 is 1.02 bits per heavy atom.